The molecule has 0 spiro atoms. The van der Waals surface area contributed by atoms with E-state index >= 15 is 0 Å². The summed E-state index contributed by atoms with van der Waals surface area (Å²) in [5, 5.41) is 8.75. The van der Waals surface area contributed by atoms with Gasteiger partial charge in [-0.3, -0.25) is 13.9 Å². The van der Waals surface area contributed by atoms with E-state index in [1.807, 2.05) is 40.4 Å². The Balaban J connectivity index is 1.92. The fraction of sp³-hybridized carbons (Fsp3) is 0.500. The summed E-state index contributed by atoms with van der Waals surface area (Å²) in [5.74, 6) is 0.555. The zero-order valence-corrected chi connectivity index (χ0v) is 12.7. The van der Waals surface area contributed by atoms with Gasteiger partial charge in [0.05, 0.1) is 11.9 Å². The molecule has 0 radical (unpaired) electrons. The summed E-state index contributed by atoms with van der Waals surface area (Å²) in [5.41, 5.74) is 10.2. The maximum atomic E-state index is 6.09. The first kappa shape index (κ1) is 13.7. The van der Waals surface area contributed by atoms with E-state index in [4.69, 9.17) is 5.73 Å². The van der Waals surface area contributed by atoms with Gasteiger partial charge in [0, 0.05) is 26.8 Å². The molecular weight excluding hydrogens is 266 g/mol. The number of imidazole rings is 1. The molecule has 7 heteroatoms. The first-order valence-corrected chi connectivity index (χ1v) is 7.25. The summed E-state index contributed by atoms with van der Waals surface area (Å²) < 4.78 is 5.73. The second-order valence-corrected chi connectivity index (χ2v) is 5.39. The van der Waals surface area contributed by atoms with Crippen molar-refractivity contribution in [3.05, 3.63) is 23.7 Å². The number of aryl methyl sites for hydroxylation is 5. The number of rotatable bonds is 5. The number of fused-ring (bicyclic) bond motifs is 1. The second kappa shape index (κ2) is 5.23. The van der Waals surface area contributed by atoms with Gasteiger partial charge < -0.3 is 5.73 Å². The van der Waals surface area contributed by atoms with E-state index in [2.05, 4.69) is 22.1 Å². The van der Waals surface area contributed by atoms with E-state index < -0.39 is 0 Å². The van der Waals surface area contributed by atoms with Crippen molar-refractivity contribution in [1.29, 1.82) is 0 Å². The molecule has 0 bridgehead atoms. The lowest BCUT2D eigenvalue weighted by Gasteiger charge is -2.05. The Hall–Kier alpha value is -2.31. The van der Waals surface area contributed by atoms with Crippen LogP contribution in [0.2, 0.25) is 0 Å². The predicted octanol–water partition coefficient (Wildman–Crippen LogP) is 1.28. The molecule has 3 heterocycles. The molecule has 0 saturated carbocycles. The van der Waals surface area contributed by atoms with E-state index in [9.17, 15) is 0 Å². The second-order valence-electron chi connectivity index (χ2n) is 5.39. The third-order valence-electron chi connectivity index (χ3n) is 3.69. The highest BCUT2D eigenvalue weighted by Gasteiger charge is 2.17. The van der Waals surface area contributed by atoms with Gasteiger partial charge >= 0.3 is 0 Å². The maximum Gasteiger partial charge on any atom is 0.202 e. The number of nitrogen functional groups attached to an aromatic ring is 1. The molecule has 7 nitrogen and oxygen atoms in total. The Labute approximate surface area is 123 Å². The van der Waals surface area contributed by atoms with Crippen LogP contribution < -0.4 is 5.73 Å². The monoisotopic (exact) mass is 287 g/mol. The van der Waals surface area contributed by atoms with Gasteiger partial charge in [0.1, 0.15) is 5.52 Å². The van der Waals surface area contributed by atoms with Crippen LogP contribution >= 0.6 is 0 Å². The summed E-state index contributed by atoms with van der Waals surface area (Å²) in [6.07, 6.45) is 6.76. The smallest absolute Gasteiger partial charge is 0.202 e. The molecular formula is C14H21N7. The molecule has 0 aromatic carbocycles. The molecule has 3 rings (SSSR count). The largest absolute Gasteiger partial charge is 0.369 e. The zero-order chi connectivity index (χ0) is 15.0. The molecule has 0 fully saturated rings. The highest BCUT2D eigenvalue weighted by molar-refractivity contribution is 5.77. The lowest BCUT2D eigenvalue weighted by molar-refractivity contribution is 0.673. The van der Waals surface area contributed by atoms with E-state index in [1.165, 1.54) is 5.56 Å². The summed E-state index contributed by atoms with van der Waals surface area (Å²) in [6, 6.07) is 0. The molecule has 3 aromatic heterocycles. The van der Waals surface area contributed by atoms with E-state index in [1.54, 1.807) is 0 Å². The molecule has 0 amide bonds. The van der Waals surface area contributed by atoms with Crippen LogP contribution in [0.1, 0.15) is 24.6 Å². The molecule has 0 aliphatic heterocycles. The van der Waals surface area contributed by atoms with Crippen LogP contribution in [0.5, 0.6) is 0 Å². The quantitative estimate of drug-likeness (QED) is 0.766. The van der Waals surface area contributed by atoms with Crippen LogP contribution in [0.3, 0.4) is 0 Å². The van der Waals surface area contributed by atoms with Crippen molar-refractivity contribution in [3.8, 4) is 0 Å². The molecule has 0 aliphatic carbocycles. The van der Waals surface area contributed by atoms with Gasteiger partial charge in [-0.1, -0.05) is 13.3 Å². The molecule has 21 heavy (non-hydrogen) atoms. The number of hydrogen-bond donors (Lipinski definition) is 1. The summed E-state index contributed by atoms with van der Waals surface area (Å²) in [7, 11) is 3.87. The standard InChI is InChI=1S/C14H21N7/c1-4-5-11-12-13(20(3)18-11)21(14(15)17-12)7-6-10-8-16-19(2)9-10/h8-9H,4-7H2,1-3H3,(H2,15,17). The Morgan fingerprint density at radius 3 is 2.71 bits per heavy atom. The van der Waals surface area contributed by atoms with Crippen molar-refractivity contribution in [2.45, 2.75) is 32.7 Å². The van der Waals surface area contributed by atoms with Crippen molar-refractivity contribution >= 4 is 17.1 Å². The van der Waals surface area contributed by atoms with Gasteiger partial charge in [-0.2, -0.15) is 10.2 Å². The minimum absolute atomic E-state index is 0.555. The van der Waals surface area contributed by atoms with Crippen LogP contribution in [0.25, 0.3) is 11.2 Å². The molecule has 0 saturated heterocycles. The normalized spacial score (nSPS) is 11.6. The number of aromatic nitrogens is 6. The topological polar surface area (TPSA) is 79.5 Å². The van der Waals surface area contributed by atoms with Crippen LogP contribution in [-0.2, 0) is 33.5 Å². The maximum absolute atomic E-state index is 6.09. The van der Waals surface area contributed by atoms with Crippen molar-refractivity contribution in [3.63, 3.8) is 0 Å². The van der Waals surface area contributed by atoms with Gasteiger partial charge in [0.25, 0.3) is 0 Å². The Kier molecular flexibility index (Phi) is 3.40. The summed E-state index contributed by atoms with van der Waals surface area (Å²) in [4.78, 5) is 4.51. The van der Waals surface area contributed by atoms with Crippen LogP contribution in [0.4, 0.5) is 5.95 Å². The van der Waals surface area contributed by atoms with E-state index in [0.29, 0.717) is 5.95 Å². The molecule has 3 aromatic rings. The van der Waals surface area contributed by atoms with Crippen molar-refractivity contribution < 1.29 is 0 Å². The Morgan fingerprint density at radius 1 is 1.24 bits per heavy atom. The Bertz CT molecular complexity index is 762. The lowest BCUT2D eigenvalue weighted by atomic mass is 10.2. The lowest BCUT2D eigenvalue weighted by Crippen LogP contribution is -2.08. The average molecular weight is 287 g/mol. The highest BCUT2D eigenvalue weighted by atomic mass is 15.3. The number of nitrogens with two attached hydrogens (primary N) is 1. The zero-order valence-electron chi connectivity index (χ0n) is 12.7. The number of anilines is 1. The Morgan fingerprint density at radius 2 is 2.05 bits per heavy atom. The molecule has 0 unspecified atom stereocenters. The molecule has 0 atom stereocenters. The molecule has 0 aliphatic rings. The highest BCUT2D eigenvalue weighted by Crippen LogP contribution is 2.22. The van der Waals surface area contributed by atoms with Gasteiger partial charge in [-0.25, -0.2) is 4.98 Å². The third-order valence-corrected chi connectivity index (χ3v) is 3.69. The van der Waals surface area contributed by atoms with Crippen molar-refractivity contribution in [2.75, 3.05) is 5.73 Å². The van der Waals surface area contributed by atoms with E-state index in [0.717, 1.165) is 42.7 Å². The van der Waals surface area contributed by atoms with Crippen LogP contribution in [-0.4, -0.2) is 29.1 Å². The van der Waals surface area contributed by atoms with Gasteiger partial charge in [0.2, 0.25) is 5.95 Å². The molecule has 2 N–H and O–H groups in total. The fourth-order valence-corrected chi connectivity index (χ4v) is 2.73. The number of nitrogens with zero attached hydrogens (tertiary/aromatic N) is 6. The van der Waals surface area contributed by atoms with Crippen molar-refractivity contribution in [1.82, 2.24) is 29.1 Å². The number of hydrogen-bond acceptors (Lipinski definition) is 4. The van der Waals surface area contributed by atoms with Crippen molar-refractivity contribution in [2.24, 2.45) is 14.1 Å². The van der Waals surface area contributed by atoms with Crippen LogP contribution in [0.15, 0.2) is 12.4 Å². The van der Waals surface area contributed by atoms with Gasteiger partial charge in [0.15, 0.2) is 5.65 Å². The fourth-order valence-electron chi connectivity index (χ4n) is 2.73. The van der Waals surface area contributed by atoms with E-state index in [-0.39, 0.29) is 0 Å². The predicted molar refractivity (Wildman–Crippen MR) is 81.8 cm³/mol. The SMILES string of the molecule is CCCc1nn(C)c2c1nc(N)n2CCc1cnn(C)c1. The molecule has 112 valence electrons. The minimum Gasteiger partial charge on any atom is -0.369 e. The third kappa shape index (κ3) is 2.39. The minimum atomic E-state index is 0.555. The first-order valence-electron chi connectivity index (χ1n) is 7.25. The van der Waals surface area contributed by atoms with Gasteiger partial charge in [-0.15, -0.1) is 0 Å². The summed E-state index contributed by atoms with van der Waals surface area (Å²) >= 11 is 0. The first-order chi connectivity index (χ1) is 10.1. The average Bonchev–Trinajstić information content (AvgIpc) is 3.07. The van der Waals surface area contributed by atoms with Crippen LogP contribution in [0, 0.1) is 0 Å². The summed E-state index contributed by atoms with van der Waals surface area (Å²) in [6.45, 7) is 2.92. The van der Waals surface area contributed by atoms with Gasteiger partial charge in [-0.05, 0) is 18.4 Å².